The van der Waals surface area contributed by atoms with Gasteiger partial charge in [-0.1, -0.05) is 34.4 Å². The van der Waals surface area contributed by atoms with E-state index in [2.05, 4.69) is 5.16 Å². The van der Waals surface area contributed by atoms with Crippen molar-refractivity contribution >= 4 is 34.8 Å². The highest BCUT2D eigenvalue weighted by molar-refractivity contribution is 6.35. The van der Waals surface area contributed by atoms with Crippen LogP contribution in [0.3, 0.4) is 0 Å². The molecule has 0 fully saturated rings. The second-order valence-electron chi connectivity index (χ2n) is 6.48. The second-order valence-corrected chi connectivity index (χ2v) is 7.29. The summed E-state index contributed by atoms with van der Waals surface area (Å²) >= 11 is 11.4. The van der Waals surface area contributed by atoms with Crippen LogP contribution in [0.15, 0.2) is 35.5 Å². The second kappa shape index (κ2) is 7.78. The van der Waals surface area contributed by atoms with Gasteiger partial charge in [0.05, 0.1) is 15.8 Å². The third-order valence-electron chi connectivity index (χ3n) is 4.61. The van der Waals surface area contributed by atoms with E-state index in [0.717, 1.165) is 12.1 Å². The first-order valence-electron chi connectivity index (χ1n) is 8.27. The summed E-state index contributed by atoms with van der Waals surface area (Å²) in [6, 6.07) is 5.80. The zero-order chi connectivity index (χ0) is 22.3. The number of oxime groups is 1. The number of nitrogens with zero attached hydrogens (tertiary/aromatic N) is 2. The van der Waals surface area contributed by atoms with E-state index in [4.69, 9.17) is 33.3 Å². The average molecular weight is 460 g/mol. The van der Waals surface area contributed by atoms with Crippen molar-refractivity contribution in [3.63, 3.8) is 0 Å². The van der Waals surface area contributed by atoms with Crippen LogP contribution >= 0.6 is 23.2 Å². The summed E-state index contributed by atoms with van der Waals surface area (Å²) in [5.41, 5.74) is -2.56. The van der Waals surface area contributed by atoms with Gasteiger partial charge < -0.3 is 4.84 Å². The number of rotatable bonds is 3. The highest BCUT2D eigenvalue weighted by Crippen LogP contribution is 2.50. The molecule has 0 spiro atoms. The third-order valence-corrected chi connectivity index (χ3v) is 5.16. The van der Waals surface area contributed by atoms with Gasteiger partial charge >= 0.3 is 6.18 Å². The van der Waals surface area contributed by atoms with E-state index in [-0.39, 0.29) is 16.8 Å². The standard InChI is InChI=1S/C19H11Cl2F4N3O2/c1-9-4-10(2-3-12(9)17(29)27-8-26)15-7-18(30-28-15,19(23,24)25)11-5-13(20)16(22)14(21)6-11/h2-6H,7H2,1H3,(H,27,29). The van der Waals surface area contributed by atoms with Crippen LogP contribution in [0.4, 0.5) is 17.6 Å². The molecule has 0 bridgehead atoms. The molecule has 0 radical (unpaired) electrons. The average Bonchev–Trinajstić information content (AvgIpc) is 3.12. The predicted octanol–water partition coefficient (Wildman–Crippen LogP) is 5.23. The number of nitrogens with one attached hydrogen (secondary N) is 1. The lowest BCUT2D eigenvalue weighted by Gasteiger charge is -2.29. The van der Waals surface area contributed by atoms with E-state index in [1.54, 1.807) is 6.92 Å². The van der Waals surface area contributed by atoms with Gasteiger partial charge in [-0.3, -0.25) is 10.1 Å². The van der Waals surface area contributed by atoms with Crippen molar-refractivity contribution in [2.45, 2.75) is 25.1 Å². The van der Waals surface area contributed by atoms with Crippen LogP contribution in [-0.2, 0) is 10.4 Å². The van der Waals surface area contributed by atoms with Gasteiger partial charge in [0.15, 0.2) is 12.0 Å². The molecule has 11 heteroatoms. The fourth-order valence-electron chi connectivity index (χ4n) is 3.06. The number of benzene rings is 2. The smallest absolute Gasteiger partial charge is 0.374 e. The Morgan fingerprint density at radius 2 is 1.90 bits per heavy atom. The molecule has 1 aliphatic rings. The van der Waals surface area contributed by atoms with Crippen molar-refractivity contribution in [2.75, 3.05) is 0 Å². The van der Waals surface area contributed by atoms with Gasteiger partial charge in [0.25, 0.3) is 11.5 Å². The van der Waals surface area contributed by atoms with E-state index in [1.165, 1.54) is 24.4 Å². The van der Waals surface area contributed by atoms with Gasteiger partial charge in [-0.15, -0.1) is 0 Å². The molecule has 1 N–H and O–H groups in total. The van der Waals surface area contributed by atoms with Crippen molar-refractivity contribution in [3.05, 3.63) is 68.4 Å². The molecule has 156 valence electrons. The summed E-state index contributed by atoms with van der Waals surface area (Å²) in [7, 11) is 0. The van der Waals surface area contributed by atoms with Gasteiger partial charge in [0.1, 0.15) is 0 Å². The number of aryl methyl sites for hydroxylation is 1. The lowest BCUT2D eigenvalue weighted by molar-refractivity contribution is -0.275. The Bertz CT molecular complexity index is 1090. The van der Waals surface area contributed by atoms with Crippen molar-refractivity contribution in [3.8, 4) is 6.19 Å². The van der Waals surface area contributed by atoms with Crippen LogP contribution in [0.5, 0.6) is 0 Å². The highest BCUT2D eigenvalue weighted by atomic mass is 35.5. The number of hydrogen-bond acceptors (Lipinski definition) is 4. The van der Waals surface area contributed by atoms with Crippen LogP contribution < -0.4 is 5.32 Å². The molecule has 1 amide bonds. The van der Waals surface area contributed by atoms with Gasteiger partial charge in [-0.2, -0.15) is 18.4 Å². The zero-order valence-corrected chi connectivity index (χ0v) is 16.6. The molecule has 5 nitrogen and oxygen atoms in total. The normalized spacial score (nSPS) is 18.4. The Balaban J connectivity index is 2.00. The quantitative estimate of drug-likeness (QED) is 0.295. The Hall–Kier alpha value is -2.83. The molecule has 1 atom stereocenters. The maximum absolute atomic E-state index is 14.0. The fourth-order valence-corrected chi connectivity index (χ4v) is 3.55. The number of carbonyl (C=O) groups is 1. The predicted molar refractivity (Wildman–Crippen MR) is 101 cm³/mol. The summed E-state index contributed by atoms with van der Waals surface area (Å²) in [6.07, 6.45) is -4.15. The first-order chi connectivity index (χ1) is 14.0. The molecule has 2 aromatic carbocycles. The van der Waals surface area contributed by atoms with E-state index in [1.807, 2.05) is 5.32 Å². The van der Waals surface area contributed by atoms with Gasteiger partial charge in [0.2, 0.25) is 0 Å². The van der Waals surface area contributed by atoms with Gasteiger partial charge in [0, 0.05) is 17.5 Å². The maximum Gasteiger partial charge on any atom is 0.435 e. The molecular formula is C19H11Cl2F4N3O2. The topological polar surface area (TPSA) is 74.5 Å². The van der Waals surface area contributed by atoms with Crippen LogP contribution in [0.25, 0.3) is 0 Å². The van der Waals surface area contributed by atoms with E-state index in [9.17, 15) is 22.4 Å². The molecule has 0 aliphatic carbocycles. The lowest BCUT2D eigenvalue weighted by atomic mass is 9.86. The zero-order valence-electron chi connectivity index (χ0n) is 15.1. The van der Waals surface area contributed by atoms with Crippen LogP contribution in [-0.4, -0.2) is 17.8 Å². The minimum atomic E-state index is -4.93. The Labute approximate surface area is 177 Å². The summed E-state index contributed by atoms with van der Waals surface area (Å²) in [5, 5.41) is 13.0. The summed E-state index contributed by atoms with van der Waals surface area (Å²) in [6.45, 7) is 1.56. The maximum atomic E-state index is 14.0. The molecule has 0 aromatic heterocycles. The van der Waals surface area contributed by atoms with Crippen molar-refractivity contribution in [1.29, 1.82) is 5.26 Å². The molecule has 1 unspecified atom stereocenters. The van der Waals surface area contributed by atoms with Gasteiger partial charge in [-0.25, -0.2) is 4.39 Å². The molecule has 2 aromatic rings. The molecule has 0 saturated carbocycles. The van der Waals surface area contributed by atoms with Crippen LogP contribution in [0.2, 0.25) is 10.0 Å². The first-order valence-corrected chi connectivity index (χ1v) is 9.03. The van der Waals surface area contributed by atoms with Crippen molar-refractivity contribution in [1.82, 2.24) is 5.32 Å². The van der Waals surface area contributed by atoms with E-state index in [0.29, 0.717) is 5.56 Å². The summed E-state index contributed by atoms with van der Waals surface area (Å²) < 4.78 is 55.8. The molecule has 3 rings (SSSR count). The minimum absolute atomic E-state index is 0.0424. The van der Waals surface area contributed by atoms with Gasteiger partial charge in [-0.05, 0) is 42.3 Å². The van der Waals surface area contributed by atoms with E-state index < -0.39 is 45.5 Å². The van der Waals surface area contributed by atoms with E-state index >= 15 is 0 Å². The number of alkyl halides is 3. The lowest BCUT2D eigenvalue weighted by Crippen LogP contribution is -2.42. The highest BCUT2D eigenvalue weighted by Gasteiger charge is 2.62. The summed E-state index contributed by atoms with van der Waals surface area (Å²) in [4.78, 5) is 16.7. The number of carbonyl (C=O) groups excluding carboxylic acids is 1. The molecule has 30 heavy (non-hydrogen) atoms. The van der Waals surface area contributed by atoms with Crippen molar-refractivity contribution < 1.29 is 27.2 Å². The molecule has 1 aliphatic heterocycles. The fraction of sp³-hybridized carbons (Fsp3) is 0.211. The Morgan fingerprint density at radius 3 is 2.43 bits per heavy atom. The monoisotopic (exact) mass is 459 g/mol. The SMILES string of the molecule is Cc1cc(C2=NOC(c3cc(Cl)c(F)c(Cl)c3)(C(F)(F)F)C2)ccc1C(=O)NC#N. The number of nitriles is 1. The molecule has 0 saturated heterocycles. The Morgan fingerprint density at radius 1 is 1.27 bits per heavy atom. The number of hydrogen-bond donors (Lipinski definition) is 1. The van der Waals surface area contributed by atoms with Crippen LogP contribution in [0, 0.1) is 24.2 Å². The third kappa shape index (κ3) is 3.68. The Kier molecular flexibility index (Phi) is 5.67. The minimum Gasteiger partial charge on any atom is -0.374 e. The largest absolute Gasteiger partial charge is 0.435 e. The van der Waals surface area contributed by atoms with Crippen molar-refractivity contribution in [2.24, 2.45) is 5.16 Å². The molecular weight excluding hydrogens is 449 g/mol. The number of halogens is 6. The molecule has 1 heterocycles. The first kappa shape index (κ1) is 21.9. The summed E-state index contributed by atoms with van der Waals surface area (Å²) in [5.74, 6) is -1.69. The number of amides is 1. The van der Waals surface area contributed by atoms with Crippen LogP contribution in [0.1, 0.15) is 33.5 Å².